The van der Waals surface area contributed by atoms with Gasteiger partial charge in [-0.05, 0) is 58.2 Å². The second-order valence-electron chi connectivity index (χ2n) is 10.2. The Morgan fingerprint density at radius 3 is 2.08 bits per heavy atom. The minimum Gasteiger partial charge on any atom is -0.338 e. The van der Waals surface area contributed by atoms with Crippen molar-refractivity contribution >= 4 is 5.91 Å². The van der Waals surface area contributed by atoms with Crippen molar-refractivity contribution in [2.24, 2.45) is 0 Å². The number of amides is 1. The average Bonchev–Trinajstić information content (AvgIpc) is 2.86. The van der Waals surface area contributed by atoms with Crippen LogP contribution in [0.4, 0.5) is 13.2 Å². The SMILES string of the molecule is CC.Cc1ncnc(C)c1C(=O)N1CCC(C)(N2CCN(Cc3ccc(C(F)(F)F)cc3)[C@@H](C)C2)CC1. The van der Waals surface area contributed by atoms with Crippen LogP contribution >= 0.6 is 0 Å². The van der Waals surface area contributed by atoms with Crippen LogP contribution in [0.3, 0.4) is 0 Å². The Morgan fingerprint density at radius 2 is 1.57 bits per heavy atom. The summed E-state index contributed by atoms with van der Waals surface area (Å²) in [5.41, 5.74) is 2.35. The molecule has 6 nitrogen and oxygen atoms in total. The summed E-state index contributed by atoms with van der Waals surface area (Å²) >= 11 is 0. The zero-order valence-corrected chi connectivity index (χ0v) is 22.9. The summed E-state index contributed by atoms with van der Waals surface area (Å²) in [6.07, 6.45) is -1.01. The van der Waals surface area contributed by atoms with E-state index in [0.717, 1.165) is 50.2 Å². The van der Waals surface area contributed by atoms with Gasteiger partial charge in [-0.25, -0.2) is 9.97 Å². The van der Waals surface area contributed by atoms with Crippen LogP contribution in [0.25, 0.3) is 0 Å². The number of piperazine rings is 1. The quantitative estimate of drug-likeness (QED) is 0.546. The smallest absolute Gasteiger partial charge is 0.338 e. The first-order valence-corrected chi connectivity index (χ1v) is 13.2. The molecular formula is C28H40F3N5O. The number of aryl methyl sites for hydroxylation is 2. The Hall–Kier alpha value is -2.52. The molecule has 1 aromatic carbocycles. The van der Waals surface area contributed by atoms with Crippen molar-refractivity contribution < 1.29 is 18.0 Å². The van der Waals surface area contributed by atoms with Crippen molar-refractivity contribution in [3.05, 3.63) is 58.7 Å². The zero-order chi connectivity index (χ0) is 27.4. The van der Waals surface area contributed by atoms with Gasteiger partial charge in [0.05, 0.1) is 22.5 Å². The van der Waals surface area contributed by atoms with Crippen LogP contribution in [0.15, 0.2) is 30.6 Å². The molecule has 37 heavy (non-hydrogen) atoms. The van der Waals surface area contributed by atoms with E-state index in [9.17, 15) is 18.0 Å². The number of nitrogens with zero attached hydrogens (tertiary/aromatic N) is 5. The second kappa shape index (κ2) is 11.9. The molecule has 1 amide bonds. The third-order valence-corrected chi connectivity index (χ3v) is 7.76. The highest BCUT2D eigenvalue weighted by atomic mass is 19.4. The van der Waals surface area contributed by atoms with Crippen LogP contribution in [0, 0.1) is 13.8 Å². The summed E-state index contributed by atoms with van der Waals surface area (Å²) < 4.78 is 38.5. The van der Waals surface area contributed by atoms with Crippen molar-refractivity contribution in [3.63, 3.8) is 0 Å². The highest BCUT2D eigenvalue weighted by Crippen LogP contribution is 2.33. The van der Waals surface area contributed by atoms with Gasteiger partial charge in [0.25, 0.3) is 5.91 Å². The lowest BCUT2D eigenvalue weighted by Gasteiger charge is -2.51. The van der Waals surface area contributed by atoms with Crippen LogP contribution in [0.2, 0.25) is 0 Å². The summed E-state index contributed by atoms with van der Waals surface area (Å²) in [6.45, 7) is 16.9. The second-order valence-corrected chi connectivity index (χ2v) is 10.2. The summed E-state index contributed by atoms with van der Waals surface area (Å²) in [6, 6.07) is 5.77. The van der Waals surface area contributed by atoms with Crippen LogP contribution in [-0.2, 0) is 12.7 Å². The molecule has 0 bridgehead atoms. The maximum atomic E-state index is 13.1. The molecule has 1 aromatic heterocycles. The van der Waals surface area contributed by atoms with E-state index in [4.69, 9.17) is 0 Å². The van der Waals surface area contributed by atoms with E-state index in [2.05, 4.69) is 33.6 Å². The fourth-order valence-electron chi connectivity index (χ4n) is 5.32. The van der Waals surface area contributed by atoms with Crippen molar-refractivity contribution in [1.82, 2.24) is 24.7 Å². The molecule has 0 spiro atoms. The number of rotatable bonds is 4. The van der Waals surface area contributed by atoms with Gasteiger partial charge in [-0.3, -0.25) is 14.6 Å². The molecule has 4 rings (SSSR count). The van der Waals surface area contributed by atoms with Crippen molar-refractivity contribution in [1.29, 1.82) is 0 Å². The lowest BCUT2D eigenvalue weighted by molar-refractivity contribution is -0.137. The number of piperidine rings is 1. The number of carbonyl (C=O) groups excluding carboxylic acids is 1. The van der Waals surface area contributed by atoms with Crippen LogP contribution in [0.1, 0.15) is 73.4 Å². The molecular weight excluding hydrogens is 479 g/mol. The van der Waals surface area contributed by atoms with Crippen molar-refractivity contribution in [3.8, 4) is 0 Å². The Morgan fingerprint density at radius 1 is 1.00 bits per heavy atom. The maximum Gasteiger partial charge on any atom is 0.416 e. The summed E-state index contributed by atoms with van der Waals surface area (Å²) in [7, 11) is 0. The number of hydrogen-bond acceptors (Lipinski definition) is 5. The number of benzene rings is 1. The minimum atomic E-state index is -4.31. The Kier molecular flexibility index (Phi) is 9.34. The lowest BCUT2D eigenvalue weighted by atomic mass is 9.86. The number of aromatic nitrogens is 2. The predicted octanol–water partition coefficient (Wildman–Crippen LogP) is 5.34. The summed E-state index contributed by atoms with van der Waals surface area (Å²) in [5.74, 6) is 0.0115. The van der Waals surface area contributed by atoms with Gasteiger partial charge in [0.15, 0.2) is 0 Å². The van der Waals surface area contributed by atoms with E-state index < -0.39 is 11.7 Å². The predicted molar refractivity (Wildman–Crippen MR) is 139 cm³/mol. The summed E-state index contributed by atoms with van der Waals surface area (Å²) in [5, 5.41) is 0. The standard InChI is InChI=1S/C26H34F3N5O.C2H6/c1-18-15-34(14-13-33(18)16-21-5-7-22(8-6-21)26(27,28)29)25(4)9-11-32(12-10-25)24(35)23-19(2)30-17-31-20(23)3;1-2/h5-8,17-18H,9-16H2,1-4H3;1-2H3/t18-;/m0./s1. The molecule has 9 heteroatoms. The Bertz CT molecular complexity index is 1030. The molecule has 2 aliphatic rings. The third-order valence-electron chi connectivity index (χ3n) is 7.76. The van der Waals surface area contributed by atoms with E-state index >= 15 is 0 Å². The normalized spacial score (nSPS) is 20.8. The molecule has 0 saturated carbocycles. The van der Waals surface area contributed by atoms with Gasteiger partial charge in [0, 0.05) is 50.8 Å². The summed E-state index contributed by atoms with van der Waals surface area (Å²) in [4.78, 5) is 28.3. The fraction of sp³-hybridized carbons (Fsp3) is 0.607. The first kappa shape index (κ1) is 29.0. The van der Waals surface area contributed by atoms with Gasteiger partial charge in [0.2, 0.25) is 0 Å². The van der Waals surface area contributed by atoms with Gasteiger partial charge in [-0.2, -0.15) is 13.2 Å². The van der Waals surface area contributed by atoms with E-state index in [1.165, 1.54) is 6.33 Å². The van der Waals surface area contributed by atoms with Crippen molar-refractivity contribution in [2.45, 2.75) is 78.7 Å². The molecule has 204 valence electrons. The van der Waals surface area contributed by atoms with Crippen molar-refractivity contribution in [2.75, 3.05) is 32.7 Å². The lowest BCUT2D eigenvalue weighted by Crippen LogP contribution is -2.61. The van der Waals surface area contributed by atoms with Crippen LogP contribution in [-0.4, -0.2) is 74.9 Å². The van der Waals surface area contributed by atoms with E-state index in [1.807, 2.05) is 32.6 Å². The van der Waals surface area contributed by atoms with Gasteiger partial charge < -0.3 is 4.90 Å². The van der Waals surface area contributed by atoms with Crippen LogP contribution < -0.4 is 0 Å². The van der Waals surface area contributed by atoms with Gasteiger partial charge in [0.1, 0.15) is 6.33 Å². The molecule has 2 aliphatic heterocycles. The Labute approximate surface area is 218 Å². The highest BCUT2D eigenvalue weighted by Gasteiger charge is 2.40. The van der Waals surface area contributed by atoms with E-state index in [1.54, 1.807) is 12.1 Å². The topological polar surface area (TPSA) is 52.6 Å². The van der Waals surface area contributed by atoms with E-state index in [0.29, 0.717) is 36.6 Å². The van der Waals surface area contributed by atoms with E-state index in [-0.39, 0.29) is 17.5 Å². The average molecular weight is 520 g/mol. The monoisotopic (exact) mass is 519 g/mol. The zero-order valence-electron chi connectivity index (χ0n) is 22.9. The molecule has 0 unspecified atom stereocenters. The molecule has 2 aromatic rings. The first-order chi connectivity index (χ1) is 17.5. The molecule has 2 saturated heterocycles. The van der Waals surface area contributed by atoms with Gasteiger partial charge in [-0.1, -0.05) is 26.0 Å². The largest absolute Gasteiger partial charge is 0.416 e. The van der Waals surface area contributed by atoms with Crippen LogP contribution in [0.5, 0.6) is 0 Å². The highest BCUT2D eigenvalue weighted by molar-refractivity contribution is 5.96. The van der Waals surface area contributed by atoms with Gasteiger partial charge >= 0.3 is 6.18 Å². The first-order valence-electron chi connectivity index (χ1n) is 13.2. The fourth-order valence-corrected chi connectivity index (χ4v) is 5.32. The molecule has 0 N–H and O–H groups in total. The molecule has 0 aliphatic carbocycles. The molecule has 2 fully saturated rings. The van der Waals surface area contributed by atoms with Gasteiger partial charge in [-0.15, -0.1) is 0 Å². The molecule has 1 atom stereocenters. The number of alkyl halides is 3. The number of likely N-dealkylation sites (tertiary alicyclic amines) is 1. The number of halogens is 3. The maximum absolute atomic E-state index is 13.1. The third kappa shape index (κ3) is 6.68. The minimum absolute atomic E-state index is 0.0115. The number of carbonyl (C=O) groups is 1. The Balaban J connectivity index is 0.00000186. The molecule has 3 heterocycles. The molecule has 0 radical (unpaired) electrons. The number of hydrogen-bond donors (Lipinski definition) is 0.